The summed E-state index contributed by atoms with van der Waals surface area (Å²) in [6, 6.07) is 0. The molecule has 0 aromatic heterocycles. The molecule has 0 aromatic rings. The fraction of sp³-hybridized carbons (Fsp3) is 0.500. The van der Waals surface area contributed by atoms with Gasteiger partial charge in [-0.15, -0.1) is 8.39 Å². The van der Waals surface area contributed by atoms with Crippen molar-refractivity contribution in [3.05, 3.63) is 24.3 Å². The van der Waals surface area contributed by atoms with Crippen LogP contribution >= 0.6 is 7.99 Å². The number of allylic oxidation sites excluding steroid dienone is 2. The van der Waals surface area contributed by atoms with E-state index >= 15 is 0 Å². The van der Waals surface area contributed by atoms with E-state index in [0.717, 1.165) is 0 Å². The first-order valence-corrected chi connectivity index (χ1v) is 5.30. The average molecular weight is 208 g/mol. The van der Waals surface area contributed by atoms with E-state index in [1.165, 1.54) is 13.0 Å². The van der Waals surface area contributed by atoms with Gasteiger partial charge >= 0.3 is 7.99 Å². The van der Waals surface area contributed by atoms with E-state index in [1.807, 2.05) is 0 Å². The van der Waals surface area contributed by atoms with E-state index in [-0.39, 0.29) is 5.92 Å². The molecule has 0 amide bonds. The summed E-state index contributed by atoms with van der Waals surface area (Å²) in [5, 5.41) is 0. The first kappa shape index (κ1) is 10.6. The van der Waals surface area contributed by atoms with E-state index < -0.39 is 13.6 Å². The molecule has 2 atom stereocenters. The molecule has 74 valence electrons. The largest absolute Gasteiger partial charge is 0.552 e. The lowest BCUT2D eigenvalue weighted by Crippen LogP contribution is -2.32. The van der Waals surface area contributed by atoms with E-state index in [2.05, 4.69) is 4.52 Å². The molecule has 2 unspecified atom stereocenters. The van der Waals surface area contributed by atoms with Gasteiger partial charge in [-0.3, -0.25) is 4.52 Å². The Morgan fingerprint density at radius 1 is 1.46 bits per heavy atom. The van der Waals surface area contributed by atoms with Gasteiger partial charge in [0.25, 0.3) is 0 Å². The summed E-state index contributed by atoms with van der Waals surface area (Å²) < 4.78 is 38.9. The van der Waals surface area contributed by atoms with E-state index in [0.29, 0.717) is 0 Å². The molecule has 1 aliphatic carbocycles. The third kappa shape index (κ3) is 2.75. The second-order valence-corrected chi connectivity index (χ2v) is 4.23. The van der Waals surface area contributed by atoms with Gasteiger partial charge < -0.3 is 0 Å². The van der Waals surface area contributed by atoms with Gasteiger partial charge in [-0.05, 0) is 6.92 Å². The minimum atomic E-state index is -5.42. The van der Waals surface area contributed by atoms with E-state index in [9.17, 15) is 13.0 Å². The maximum Gasteiger partial charge on any atom is 0.552 e. The summed E-state index contributed by atoms with van der Waals surface area (Å²) in [7, 11) is -5.42. The lowest BCUT2D eigenvalue weighted by atomic mass is 9.87. The molecule has 0 aliphatic heterocycles. The number of rotatable bonds is 2. The standard InChI is InChI=1S/C8H11F2O2P/c1-7-5-3-4-6-8(7,2)12-13(9,10)11/h3-7H,1-2H3. The van der Waals surface area contributed by atoms with Crippen LogP contribution in [0.3, 0.4) is 0 Å². The van der Waals surface area contributed by atoms with Gasteiger partial charge in [-0.2, -0.15) is 0 Å². The highest BCUT2D eigenvalue weighted by atomic mass is 31.2. The smallest absolute Gasteiger partial charge is 0.269 e. The molecular weight excluding hydrogens is 197 g/mol. The highest BCUT2D eigenvalue weighted by Crippen LogP contribution is 2.55. The van der Waals surface area contributed by atoms with Crippen molar-refractivity contribution in [3.63, 3.8) is 0 Å². The van der Waals surface area contributed by atoms with Gasteiger partial charge in [0.15, 0.2) is 0 Å². The fourth-order valence-corrected chi connectivity index (χ4v) is 1.85. The SMILES string of the molecule is CC1C=CC=CC1(C)OP(=O)(F)F. The van der Waals surface area contributed by atoms with Crippen LogP contribution in [0.15, 0.2) is 24.3 Å². The first-order valence-electron chi connectivity index (χ1n) is 3.90. The summed E-state index contributed by atoms with van der Waals surface area (Å²) in [5.41, 5.74) is -1.16. The molecule has 2 nitrogen and oxygen atoms in total. The lowest BCUT2D eigenvalue weighted by Gasteiger charge is -2.31. The van der Waals surface area contributed by atoms with Crippen LogP contribution in [0.4, 0.5) is 8.39 Å². The zero-order chi connectivity index (χ0) is 10.1. The Balaban J connectivity index is 2.82. The zero-order valence-electron chi connectivity index (χ0n) is 7.41. The highest BCUT2D eigenvalue weighted by molar-refractivity contribution is 7.47. The molecule has 13 heavy (non-hydrogen) atoms. The number of halogens is 2. The van der Waals surface area contributed by atoms with Crippen molar-refractivity contribution >= 4 is 7.99 Å². The van der Waals surface area contributed by atoms with Gasteiger partial charge in [-0.1, -0.05) is 31.2 Å². The summed E-state index contributed by atoms with van der Waals surface area (Å²) in [5.74, 6) is -0.211. The van der Waals surface area contributed by atoms with Gasteiger partial charge in [0.1, 0.15) is 5.60 Å². The van der Waals surface area contributed by atoms with Crippen LogP contribution in [0.25, 0.3) is 0 Å². The molecule has 0 aromatic carbocycles. The maximum atomic E-state index is 12.2. The van der Waals surface area contributed by atoms with Crippen molar-refractivity contribution in [2.24, 2.45) is 5.92 Å². The minimum Gasteiger partial charge on any atom is -0.269 e. The maximum absolute atomic E-state index is 12.2. The second-order valence-electron chi connectivity index (χ2n) is 3.22. The Kier molecular flexibility index (Phi) is 2.74. The molecule has 0 heterocycles. The summed E-state index contributed by atoms with van der Waals surface area (Å²) in [6.45, 7) is 3.22. The number of hydrogen-bond acceptors (Lipinski definition) is 2. The van der Waals surface area contributed by atoms with Crippen molar-refractivity contribution in [2.75, 3.05) is 0 Å². The van der Waals surface area contributed by atoms with E-state index in [4.69, 9.17) is 0 Å². The van der Waals surface area contributed by atoms with Crippen molar-refractivity contribution < 1.29 is 17.5 Å². The molecule has 0 saturated carbocycles. The third-order valence-corrected chi connectivity index (χ3v) is 2.75. The van der Waals surface area contributed by atoms with Gasteiger partial charge in [0.05, 0.1) is 0 Å². The molecule has 0 N–H and O–H groups in total. The molecule has 0 saturated heterocycles. The predicted molar refractivity (Wildman–Crippen MR) is 46.8 cm³/mol. The quantitative estimate of drug-likeness (QED) is 0.648. The molecular formula is C8H11F2O2P. The summed E-state index contributed by atoms with van der Waals surface area (Å²) >= 11 is 0. The first-order chi connectivity index (χ1) is 5.83. The molecule has 0 fully saturated rings. The molecule has 1 aliphatic rings. The van der Waals surface area contributed by atoms with Crippen molar-refractivity contribution in [1.29, 1.82) is 0 Å². The van der Waals surface area contributed by atoms with Crippen LogP contribution in [0.2, 0.25) is 0 Å². The summed E-state index contributed by atoms with van der Waals surface area (Å²) in [4.78, 5) is 0. The molecule has 0 bridgehead atoms. The molecule has 0 spiro atoms. The fourth-order valence-electron chi connectivity index (χ4n) is 1.16. The van der Waals surface area contributed by atoms with Crippen molar-refractivity contribution in [3.8, 4) is 0 Å². The normalized spacial score (nSPS) is 33.7. The Morgan fingerprint density at radius 2 is 2.08 bits per heavy atom. The van der Waals surface area contributed by atoms with E-state index in [1.54, 1.807) is 25.2 Å². The van der Waals surface area contributed by atoms with Crippen LogP contribution < -0.4 is 0 Å². The second kappa shape index (κ2) is 3.35. The van der Waals surface area contributed by atoms with Crippen LogP contribution in [0.5, 0.6) is 0 Å². The van der Waals surface area contributed by atoms with Crippen molar-refractivity contribution in [1.82, 2.24) is 0 Å². The zero-order valence-corrected chi connectivity index (χ0v) is 8.30. The Bertz CT molecular complexity index is 295. The van der Waals surface area contributed by atoms with Crippen molar-refractivity contribution in [2.45, 2.75) is 19.4 Å². The van der Waals surface area contributed by atoms with Crippen LogP contribution in [0, 0.1) is 5.92 Å². The molecule has 1 rings (SSSR count). The molecule has 5 heteroatoms. The highest BCUT2D eigenvalue weighted by Gasteiger charge is 2.38. The van der Waals surface area contributed by atoms with Gasteiger partial charge in [0.2, 0.25) is 0 Å². The Hall–Kier alpha value is -0.470. The van der Waals surface area contributed by atoms with Crippen LogP contribution in [0.1, 0.15) is 13.8 Å². The number of hydrogen-bond donors (Lipinski definition) is 0. The van der Waals surface area contributed by atoms with Crippen LogP contribution in [-0.4, -0.2) is 5.60 Å². The minimum absolute atomic E-state index is 0.211. The van der Waals surface area contributed by atoms with Crippen LogP contribution in [-0.2, 0) is 9.09 Å². The Labute approximate surface area is 76.0 Å². The summed E-state index contributed by atoms with van der Waals surface area (Å²) in [6.07, 6.45) is 6.58. The van der Waals surface area contributed by atoms with Gasteiger partial charge in [-0.25, -0.2) is 4.57 Å². The molecule has 0 radical (unpaired) electrons. The Morgan fingerprint density at radius 3 is 2.54 bits per heavy atom. The van der Waals surface area contributed by atoms with Gasteiger partial charge in [0, 0.05) is 5.92 Å². The third-order valence-electron chi connectivity index (χ3n) is 2.15. The average Bonchev–Trinajstić information content (AvgIpc) is 1.92. The monoisotopic (exact) mass is 208 g/mol. The lowest BCUT2D eigenvalue weighted by molar-refractivity contribution is 0.0815. The topological polar surface area (TPSA) is 26.3 Å². The predicted octanol–water partition coefficient (Wildman–Crippen LogP) is 3.57.